The normalized spacial score (nSPS) is 0. The van der Waals surface area contributed by atoms with Crippen molar-refractivity contribution in [1.82, 2.24) is 0 Å². The predicted molar refractivity (Wildman–Crippen MR) is 0 cm³/mol. The third kappa shape index (κ3) is 8.87. The molecule has 4 heavy (non-hydrogen) atoms. The zero-order chi connectivity index (χ0) is 0. The Morgan fingerprint density at radius 3 is 1.00 bits per heavy atom. The molecular weight excluding hydrogens is 583 g/mol. The summed E-state index contributed by atoms with van der Waals surface area (Å²) in [6.45, 7) is 0. The fourth-order valence-corrected chi connectivity index (χ4v) is 0. The van der Waals surface area contributed by atoms with Gasteiger partial charge in [-0.1, -0.05) is 0 Å². The molecule has 0 rings (SSSR count). The average molecular weight is 583 g/mol. The van der Waals surface area contributed by atoms with Gasteiger partial charge in [0.15, 0.2) is 0 Å². The molecule has 0 aromatic heterocycles. The van der Waals surface area contributed by atoms with Gasteiger partial charge in [0, 0.05) is 88.8 Å². The van der Waals surface area contributed by atoms with Crippen LogP contribution in [0.25, 0.3) is 0 Å². The summed E-state index contributed by atoms with van der Waals surface area (Å²) in [6, 6.07) is 0. The summed E-state index contributed by atoms with van der Waals surface area (Å²) in [4.78, 5) is 0. The van der Waals surface area contributed by atoms with Gasteiger partial charge in [-0.25, -0.2) is 0 Å². The van der Waals surface area contributed by atoms with Gasteiger partial charge < -0.3 is 0 Å². The molecule has 0 unspecified atom stereocenters. The molecule has 0 saturated heterocycles. The molecular formula is AgHfPtRu. The van der Waals surface area contributed by atoms with E-state index in [9.17, 15) is 0 Å². The van der Waals surface area contributed by atoms with Crippen molar-refractivity contribution in [1.29, 1.82) is 0 Å². The molecule has 0 spiro atoms. The second kappa shape index (κ2) is 16.8. The Balaban J connectivity index is 0. The standard InChI is InChI=1S/Ag.Hf.Pt.Ru. The third-order valence-electron chi connectivity index (χ3n) is 0. The molecule has 1 radical (unpaired) electrons. The van der Waals surface area contributed by atoms with Gasteiger partial charge in [0.05, 0.1) is 0 Å². The summed E-state index contributed by atoms with van der Waals surface area (Å²) in [5, 5.41) is 0. The van der Waals surface area contributed by atoms with Crippen molar-refractivity contribution in [2.75, 3.05) is 0 Å². The second-order valence-electron chi connectivity index (χ2n) is 0. The molecule has 0 aromatic carbocycles. The van der Waals surface area contributed by atoms with Gasteiger partial charge in [0.25, 0.3) is 0 Å². The summed E-state index contributed by atoms with van der Waals surface area (Å²) in [5.41, 5.74) is 0. The molecule has 33 valence electrons. The molecule has 0 atom stereocenters. The molecule has 0 N–H and O–H groups in total. The van der Waals surface area contributed by atoms with E-state index in [0.717, 1.165) is 0 Å². The Bertz CT molecular complexity index is 8.00. The third-order valence-corrected chi connectivity index (χ3v) is 0. The van der Waals surface area contributed by atoms with Crippen molar-refractivity contribution in [3.8, 4) is 0 Å². The van der Waals surface area contributed by atoms with Crippen LogP contribution < -0.4 is 0 Å². The first-order chi connectivity index (χ1) is 0. The van der Waals surface area contributed by atoms with Gasteiger partial charge in [0.1, 0.15) is 0 Å². The topological polar surface area (TPSA) is 0 Å². The first-order valence-corrected chi connectivity index (χ1v) is 0. The maximum atomic E-state index is 0. The summed E-state index contributed by atoms with van der Waals surface area (Å²) >= 11 is 0. The first kappa shape index (κ1) is 28.4. The van der Waals surface area contributed by atoms with E-state index in [2.05, 4.69) is 0 Å². The van der Waals surface area contributed by atoms with Crippen molar-refractivity contribution in [2.24, 2.45) is 0 Å². The van der Waals surface area contributed by atoms with Crippen LogP contribution >= 0.6 is 0 Å². The SMILES string of the molecule is [Ag].[Hf].[Pt].[Ru]. The average Bonchev–Trinajstić information content (AvgIpc) is 0. The second-order valence-corrected chi connectivity index (χ2v) is 0. The molecule has 0 bridgehead atoms. The van der Waals surface area contributed by atoms with Crippen LogP contribution in [0.1, 0.15) is 0 Å². The first-order valence-electron chi connectivity index (χ1n) is 0. The van der Waals surface area contributed by atoms with Crippen LogP contribution in [0.4, 0.5) is 0 Å². The van der Waals surface area contributed by atoms with Gasteiger partial charge in [0.2, 0.25) is 0 Å². The number of rotatable bonds is 0. The van der Waals surface area contributed by atoms with E-state index in [1.54, 1.807) is 0 Å². The number of hydrogen-bond donors (Lipinski definition) is 0. The van der Waals surface area contributed by atoms with Crippen molar-refractivity contribution in [3.63, 3.8) is 0 Å². The Morgan fingerprint density at radius 1 is 1.00 bits per heavy atom. The Labute approximate surface area is 87.2 Å². The van der Waals surface area contributed by atoms with Gasteiger partial charge in [-0.2, -0.15) is 0 Å². The molecule has 0 saturated carbocycles. The molecule has 0 aromatic rings. The summed E-state index contributed by atoms with van der Waals surface area (Å²) in [6.07, 6.45) is 0. The van der Waals surface area contributed by atoms with Gasteiger partial charge in [-0.05, 0) is 0 Å². The van der Waals surface area contributed by atoms with Crippen LogP contribution in [0.5, 0.6) is 0 Å². The van der Waals surface area contributed by atoms with Gasteiger partial charge in [-0.3, -0.25) is 0 Å². The van der Waals surface area contributed by atoms with Gasteiger partial charge in [-0.15, -0.1) is 0 Å². The summed E-state index contributed by atoms with van der Waals surface area (Å²) in [7, 11) is 0. The van der Waals surface area contributed by atoms with Crippen LogP contribution in [0.3, 0.4) is 0 Å². The minimum Gasteiger partial charge on any atom is 0 e. The van der Waals surface area contributed by atoms with Crippen molar-refractivity contribution >= 4 is 0 Å². The van der Waals surface area contributed by atoms with E-state index >= 15 is 0 Å². The number of hydrogen-bond acceptors (Lipinski definition) is 0. The minimum atomic E-state index is 0. The molecule has 0 fully saturated rings. The van der Waals surface area contributed by atoms with Crippen LogP contribution in [0.2, 0.25) is 0 Å². The zero-order valence-electron chi connectivity index (χ0n) is 1.47. The van der Waals surface area contributed by atoms with Crippen LogP contribution in [-0.2, 0) is 88.8 Å². The van der Waals surface area contributed by atoms with E-state index in [4.69, 9.17) is 0 Å². The van der Waals surface area contributed by atoms with Crippen molar-refractivity contribution < 1.29 is 88.8 Å². The minimum absolute atomic E-state index is 0. The fourth-order valence-electron chi connectivity index (χ4n) is 0. The molecule has 0 aliphatic rings. The summed E-state index contributed by atoms with van der Waals surface area (Å²) in [5.74, 6) is 0. The van der Waals surface area contributed by atoms with Gasteiger partial charge >= 0.3 is 0 Å². The quantitative estimate of drug-likeness (QED) is 0.353. The van der Waals surface area contributed by atoms with E-state index in [1.165, 1.54) is 0 Å². The fraction of sp³-hybridized carbons (Fsp3) is 0. The van der Waals surface area contributed by atoms with E-state index in [-0.39, 0.29) is 88.8 Å². The van der Waals surface area contributed by atoms with E-state index in [1.807, 2.05) is 0 Å². The monoisotopic (exact) mass is 584 g/mol. The predicted octanol–water partition coefficient (Wildman–Crippen LogP) is -0.0100. The van der Waals surface area contributed by atoms with E-state index in [0.29, 0.717) is 0 Å². The largest absolute Gasteiger partial charge is 0 e. The molecule has 0 amide bonds. The van der Waals surface area contributed by atoms with E-state index < -0.39 is 0 Å². The molecule has 0 aliphatic carbocycles. The Kier molecular flexibility index (Phi) is 119. The molecule has 0 aliphatic heterocycles. The van der Waals surface area contributed by atoms with Crippen molar-refractivity contribution in [2.45, 2.75) is 0 Å². The van der Waals surface area contributed by atoms with Crippen LogP contribution in [0, 0.1) is 0 Å². The van der Waals surface area contributed by atoms with Crippen LogP contribution in [-0.4, -0.2) is 0 Å². The molecule has 0 nitrogen and oxygen atoms in total. The Hall–Kier alpha value is 2.92. The smallest absolute Gasteiger partial charge is 0 e. The Morgan fingerprint density at radius 2 is 1.00 bits per heavy atom. The summed E-state index contributed by atoms with van der Waals surface area (Å²) < 4.78 is 0. The van der Waals surface area contributed by atoms with Crippen molar-refractivity contribution in [3.05, 3.63) is 0 Å². The zero-order valence-corrected chi connectivity index (χ0v) is 10.6. The molecule has 0 heterocycles. The molecule has 4 heteroatoms. The maximum Gasteiger partial charge on any atom is 0 e. The maximum absolute atomic E-state index is 0. The van der Waals surface area contributed by atoms with Crippen LogP contribution in [0.15, 0.2) is 0 Å².